The van der Waals surface area contributed by atoms with E-state index in [4.69, 9.17) is 0 Å². The number of Topliss-reactive ketones (excluding diaryl/α,β-unsaturated/α-hetero) is 3. The van der Waals surface area contributed by atoms with Gasteiger partial charge in [0.1, 0.15) is 22.8 Å². The summed E-state index contributed by atoms with van der Waals surface area (Å²) in [6.45, 7) is 8.10. The zero-order valence-electron chi connectivity index (χ0n) is 23.6. The highest BCUT2D eigenvalue weighted by molar-refractivity contribution is 6.25. The van der Waals surface area contributed by atoms with E-state index in [1.807, 2.05) is 18.2 Å². The second-order valence-corrected chi connectivity index (χ2v) is 12.8. The van der Waals surface area contributed by atoms with Crippen LogP contribution >= 0.6 is 0 Å². The molecule has 5 rings (SSSR count). The van der Waals surface area contributed by atoms with Gasteiger partial charge in [-0.15, -0.1) is 0 Å². The lowest BCUT2D eigenvalue weighted by atomic mass is 9.57. The minimum absolute atomic E-state index is 0.0294. The number of aliphatic hydroxyl groups excluding tert-OH is 2. The van der Waals surface area contributed by atoms with Gasteiger partial charge in [-0.05, 0) is 68.3 Å². The number of nitrogens with zero attached hydrogens (tertiary/aromatic N) is 1. The van der Waals surface area contributed by atoms with Crippen molar-refractivity contribution in [3.05, 3.63) is 52.3 Å². The van der Waals surface area contributed by atoms with Gasteiger partial charge in [0.15, 0.2) is 17.2 Å². The normalized spacial score (nSPS) is 26.6. The van der Waals surface area contributed by atoms with Crippen LogP contribution in [0.5, 0.6) is 5.75 Å². The first-order valence-corrected chi connectivity index (χ1v) is 13.5. The van der Waals surface area contributed by atoms with Crippen molar-refractivity contribution in [1.82, 2.24) is 4.90 Å². The first-order valence-electron chi connectivity index (χ1n) is 13.5. The molecular weight excluding hydrogens is 512 g/mol. The van der Waals surface area contributed by atoms with Crippen LogP contribution in [-0.4, -0.2) is 75.0 Å². The number of carbonyl (C=O) groups excluding carboxylic acids is 3. The van der Waals surface area contributed by atoms with E-state index in [1.165, 1.54) is 4.90 Å². The van der Waals surface area contributed by atoms with Gasteiger partial charge in [-0.1, -0.05) is 32.9 Å². The molecular formula is C31H36N2O7. The number of hydrogen-bond donors (Lipinski definition) is 5. The molecule has 5 N–H and O–H groups in total. The summed E-state index contributed by atoms with van der Waals surface area (Å²) in [5.41, 5.74) is -1.74. The van der Waals surface area contributed by atoms with Crippen molar-refractivity contribution in [3.63, 3.8) is 0 Å². The summed E-state index contributed by atoms with van der Waals surface area (Å²) in [7, 11) is 3.22. The molecule has 212 valence electrons. The molecule has 0 aliphatic heterocycles. The Morgan fingerprint density at radius 3 is 2.40 bits per heavy atom. The minimum atomic E-state index is -2.57. The zero-order valence-corrected chi connectivity index (χ0v) is 23.6. The molecule has 0 amide bonds. The molecule has 0 spiro atoms. The largest absolute Gasteiger partial charge is 0.508 e. The van der Waals surface area contributed by atoms with Crippen molar-refractivity contribution >= 4 is 39.6 Å². The topological polar surface area (TPSA) is 147 Å². The molecule has 1 fully saturated rings. The van der Waals surface area contributed by atoms with Gasteiger partial charge < -0.3 is 25.7 Å². The molecule has 9 heteroatoms. The second kappa shape index (κ2) is 9.17. The predicted molar refractivity (Wildman–Crippen MR) is 151 cm³/mol. The number of carbonyl (C=O) groups is 3. The molecule has 3 aliphatic carbocycles. The quantitative estimate of drug-likeness (QED) is 0.361. The Hall–Kier alpha value is -3.69. The molecule has 1 saturated carbocycles. The van der Waals surface area contributed by atoms with E-state index in [0.29, 0.717) is 17.5 Å². The lowest BCUT2D eigenvalue weighted by molar-refractivity contribution is -0.153. The van der Waals surface area contributed by atoms with Gasteiger partial charge in [0.05, 0.1) is 11.6 Å². The van der Waals surface area contributed by atoms with Crippen molar-refractivity contribution in [1.29, 1.82) is 0 Å². The Bertz CT molecular complexity index is 1540. The fourth-order valence-electron chi connectivity index (χ4n) is 6.59. The standard InChI is InChI=1S/C31H36N2O7/c1-14(34)21-27(37)24(33(5)6)20-11-17-10-16-9-15-7-8-18(32-13-30(2,3)4)12-19(15)25(35)22(16)26(36)23(17)29(39)31(20,40)28(21)38/h7-9,12,17,20,24,32,35-36,38,40H,10-11,13H2,1-6H3/t17-,20-,24-,31+/m0/s1. The van der Waals surface area contributed by atoms with Crippen LogP contribution in [0.4, 0.5) is 5.69 Å². The van der Waals surface area contributed by atoms with E-state index in [-0.39, 0.29) is 35.1 Å². The number of phenolic OH excluding ortho intramolecular Hbond substituents is 1. The summed E-state index contributed by atoms with van der Waals surface area (Å²) in [5.74, 6) is -5.62. The van der Waals surface area contributed by atoms with E-state index in [1.54, 1.807) is 20.2 Å². The number of hydrogen-bond acceptors (Lipinski definition) is 9. The Labute approximate surface area is 232 Å². The molecule has 0 saturated heterocycles. The van der Waals surface area contributed by atoms with Gasteiger partial charge in [0, 0.05) is 29.1 Å². The first kappa shape index (κ1) is 27.9. The van der Waals surface area contributed by atoms with E-state index in [2.05, 4.69) is 26.1 Å². The van der Waals surface area contributed by atoms with Crippen LogP contribution in [-0.2, 0) is 20.8 Å². The van der Waals surface area contributed by atoms with Gasteiger partial charge in [0.25, 0.3) is 0 Å². The Balaban J connectivity index is 1.67. The number of ketones is 3. The molecule has 0 heterocycles. The summed E-state index contributed by atoms with van der Waals surface area (Å²) in [4.78, 5) is 41.1. The summed E-state index contributed by atoms with van der Waals surface area (Å²) in [6, 6.07) is 6.44. The lowest BCUT2D eigenvalue weighted by Crippen LogP contribution is -2.65. The van der Waals surface area contributed by atoms with Gasteiger partial charge >= 0.3 is 0 Å². The Kier molecular flexibility index (Phi) is 6.39. The van der Waals surface area contributed by atoms with E-state index in [0.717, 1.165) is 18.0 Å². The zero-order chi connectivity index (χ0) is 29.5. The van der Waals surface area contributed by atoms with Crippen molar-refractivity contribution in [3.8, 4) is 5.75 Å². The molecule has 9 nitrogen and oxygen atoms in total. The van der Waals surface area contributed by atoms with Crippen LogP contribution < -0.4 is 5.32 Å². The number of rotatable bonds is 4. The molecule has 40 heavy (non-hydrogen) atoms. The van der Waals surface area contributed by atoms with Crippen LogP contribution in [0.3, 0.4) is 0 Å². The summed E-state index contributed by atoms with van der Waals surface area (Å²) < 4.78 is 0. The maximum Gasteiger partial charge on any atom is 0.202 e. The Morgan fingerprint density at radius 2 is 1.80 bits per heavy atom. The first-order chi connectivity index (χ1) is 18.6. The van der Waals surface area contributed by atoms with Crippen LogP contribution in [0.25, 0.3) is 16.5 Å². The number of nitrogens with one attached hydrogen (secondary N) is 1. The summed E-state index contributed by atoms with van der Waals surface area (Å²) in [6.07, 6.45) is 0.373. The maximum atomic E-state index is 14.0. The van der Waals surface area contributed by atoms with Crippen LogP contribution in [0.15, 0.2) is 41.2 Å². The highest BCUT2D eigenvalue weighted by Crippen LogP contribution is 2.53. The van der Waals surface area contributed by atoms with E-state index < -0.39 is 57.9 Å². The van der Waals surface area contributed by atoms with Gasteiger partial charge in [-0.2, -0.15) is 0 Å². The smallest absolute Gasteiger partial charge is 0.202 e. The van der Waals surface area contributed by atoms with Gasteiger partial charge in [-0.25, -0.2) is 0 Å². The average Bonchev–Trinajstić information content (AvgIpc) is 2.84. The van der Waals surface area contributed by atoms with E-state index >= 15 is 0 Å². The number of aliphatic hydroxyl groups is 3. The predicted octanol–water partition coefficient (Wildman–Crippen LogP) is 3.68. The van der Waals surface area contributed by atoms with Crippen molar-refractivity contribution < 1.29 is 34.8 Å². The monoisotopic (exact) mass is 548 g/mol. The molecule has 0 bridgehead atoms. The number of fused-ring (bicyclic) bond motifs is 4. The van der Waals surface area contributed by atoms with Crippen molar-refractivity contribution in [2.75, 3.05) is 26.0 Å². The molecule has 2 aromatic carbocycles. The summed E-state index contributed by atoms with van der Waals surface area (Å²) in [5, 5.41) is 50.2. The number of likely N-dealkylation sites (N-methyl/N-ethyl adjacent to an activating group) is 1. The fraction of sp³-hybridized carbons (Fsp3) is 0.452. The molecule has 4 atom stereocenters. The minimum Gasteiger partial charge on any atom is -0.508 e. The third-order valence-electron chi connectivity index (χ3n) is 8.45. The molecule has 2 aromatic rings. The second-order valence-electron chi connectivity index (χ2n) is 12.8. The molecule has 0 radical (unpaired) electrons. The van der Waals surface area contributed by atoms with Crippen LogP contribution in [0.1, 0.15) is 45.2 Å². The number of anilines is 1. The third kappa shape index (κ3) is 4.02. The van der Waals surface area contributed by atoms with Gasteiger partial charge in [-0.3, -0.25) is 19.3 Å². The lowest BCUT2D eigenvalue weighted by Gasteiger charge is -2.50. The number of benzene rings is 2. The van der Waals surface area contributed by atoms with E-state index in [9.17, 15) is 34.8 Å². The average molecular weight is 549 g/mol. The van der Waals surface area contributed by atoms with Crippen LogP contribution in [0.2, 0.25) is 0 Å². The number of aromatic hydroxyl groups is 1. The summed E-state index contributed by atoms with van der Waals surface area (Å²) >= 11 is 0. The highest BCUT2D eigenvalue weighted by atomic mass is 16.3. The maximum absolute atomic E-state index is 14.0. The molecule has 3 aliphatic rings. The van der Waals surface area contributed by atoms with Crippen LogP contribution in [0, 0.1) is 17.3 Å². The fourth-order valence-corrected chi connectivity index (χ4v) is 6.59. The Morgan fingerprint density at radius 1 is 1.12 bits per heavy atom. The molecule has 0 aromatic heterocycles. The SMILES string of the molecule is CC(=O)C1=C(O)[C@@]2(O)C(=O)C3=C(O)c4c(cc5ccc(NCC(C)(C)C)cc5c4O)C[C@H]3C[C@H]2[C@H](N(C)C)C1=O. The van der Waals surface area contributed by atoms with Crippen molar-refractivity contribution in [2.24, 2.45) is 17.3 Å². The molecule has 0 unspecified atom stereocenters. The number of phenols is 1. The van der Waals surface area contributed by atoms with Gasteiger partial charge in [0.2, 0.25) is 5.78 Å². The highest BCUT2D eigenvalue weighted by Gasteiger charge is 2.63. The third-order valence-corrected chi connectivity index (χ3v) is 8.45. The van der Waals surface area contributed by atoms with Crippen molar-refractivity contribution in [2.45, 2.75) is 52.2 Å².